The van der Waals surface area contributed by atoms with Crippen molar-refractivity contribution in [2.75, 3.05) is 9.80 Å². The third-order valence-corrected chi connectivity index (χ3v) is 9.98. The summed E-state index contributed by atoms with van der Waals surface area (Å²) in [6.45, 7) is 0. The molecule has 0 saturated carbocycles. The fraction of sp³-hybridized carbons (Fsp3) is 0. The van der Waals surface area contributed by atoms with E-state index in [9.17, 15) is 0 Å². The lowest BCUT2D eigenvalue weighted by Crippen LogP contribution is -2.14. The molecular weight excluding hydrogens is 621 g/mol. The number of hydrogen-bond donors (Lipinski definition) is 0. The summed E-state index contributed by atoms with van der Waals surface area (Å²) in [7, 11) is 0. The van der Waals surface area contributed by atoms with Gasteiger partial charge in [-0.05, 0) is 53.2 Å². The standard InChI is InChI=1S/C48H32N2O/c1-3-21-35(22-4-1)49(42-30-15-19-33-17-7-9-25-37(33)42)46-39-27-11-12-28-40(39)47(48-45(46)41-29-13-14-32-44(41)51-48)50(36-23-5-2-6-24-36)43-31-16-20-34-18-8-10-26-38(34)43/h1-32H. The van der Waals surface area contributed by atoms with Crippen molar-refractivity contribution in [3.05, 3.63) is 194 Å². The molecule has 240 valence electrons. The monoisotopic (exact) mass is 652 g/mol. The van der Waals surface area contributed by atoms with Crippen LogP contribution in [0.1, 0.15) is 0 Å². The summed E-state index contributed by atoms with van der Waals surface area (Å²) in [5.41, 5.74) is 8.11. The second-order valence-electron chi connectivity index (χ2n) is 12.9. The van der Waals surface area contributed by atoms with Gasteiger partial charge in [0.05, 0.1) is 28.1 Å². The number of rotatable bonds is 6. The molecule has 10 rings (SSSR count). The minimum Gasteiger partial charge on any atom is -0.454 e. The van der Waals surface area contributed by atoms with Crippen LogP contribution in [0.15, 0.2) is 199 Å². The summed E-state index contributed by atoms with van der Waals surface area (Å²) in [6.07, 6.45) is 0. The summed E-state index contributed by atoms with van der Waals surface area (Å²) in [5.74, 6) is 0. The van der Waals surface area contributed by atoms with Gasteiger partial charge < -0.3 is 14.2 Å². The van der Waals surface area contributed by atoms with Crippen LogP contribution in [0.2, 0.25) is 0 Å². The first-order valence-electron chi connectivity index (χ1n) is 17.4. The van der Waals surface area contributed by atoms with Crippen LogP contribution in [0.25, 0.3) is 54.3 Å². The predicted octanol–water partition coefficient (Wildman–Crippen LogP) is 14.0. The van der Waals surface area contributed by atoms with Crippen molar-refractivity contribution in [3.63, 3.8) is 0 Å². The third kappa shape index (κ3) is 4.67. The van der Waals surface area contributed by atoms with E-state index >= 15 is 0 Å². The molecule has 3 heteroatoms. The zero-order chi connectivity index (χ0) is 33.7. The Morgan fingerprint density at radius 2 is 0.725 bits per heavy atom. The van der Waals surface area contributed by atoms with E-state index in [1.54, 1.807) is 0 Å². The maximum atomic E-state index is 7.11. The summed E-state index contributed by atoms with van der Waals surface area (Å²) >= 11 is 0. The number of furan rings is 1. The Balaban J connectivity index is 1.41. The average Bonchev–Trinajstić information content (AvgIpc) is 3.59. The highest BCUT2D eigenvalue weighted by Crippen LogP contribution is 2.54. The van der Waals surface area contributed by atoms with Gasteiger partial charge in [-0.3, -0.25) is 0 Å². The molecule has 0 amide bonds. The van der Waals surface area contributed by atoms with E-state index in [2.05, 4.69) is 204 Å². The van der Waals surface area contributed by atoms with Crippen molar-refractivity contribution in [3.8, 4) is 0 Å². The van der Waals surface area contributed by atoms with E-state index in [-0.39, 0.29) is 0 Å². The van der Waals surface area contributed by atoms with Crippen molar-refractivity contribution in [2.24, 2.45) is 0 Å². The van der Waals surface area contributed by atoms with Crippen molar-refractivity contribution >= 4 is 88.4 Å². The van der Waals surface area contributed by atoms with Gasteiger partial charge >= 0.3 is 0 Å². The fourth-order valence-electron chi connectivity index (χ4n) is 7.79. The lowest BCUT2D eigenvalue weighted by atomic mass is 9.96. The predicted molar refractivity (Wildman–Crippen MR) is 216 cm³/mol. The molecule has 3 nitrogen and oxygen atoms in total. The molecule has 51 heavy (non-hydrogen) atoms. The van der Waals surface area contributed by atoms with Crippen molar-refractivity contribution in [2.45, 2.75) is 0 Å². The Bertz CT molecular complexity index is 2870. The summed E-state index contributed by atoms with van der Waals surface area (Å²) < 4.78 is 7.11. The molecule has 9 aromatic carbocycles. The topological polar surface area (TPSA) is 19.6 Å². The smallest absolute Gasteiger partial charge is 0.162 e. The number of benzene rings is 9. The Morgan fingerprint density at radius 3 is 1.29 bits per heavy atom. The molecule has 0 atom stereocenters. The van der Waals surface area contributed by atoms with Gasteiger partial charge in [-0.2, -0.15) is 0 Å². The minimum atomic E-state index is 0.836. The zero-order valence-corrected chi connectivity index (χ0v) is 27.8. The number of hydrogen-bond acceptors (Lipinski definition) is 3. The van der Waals surface area contributed by atoms with Gasteiger partial charge in [0.15, 0.2) is 5.58 Å². The lowest BCUT2D eigenvalue weighted by molar-refractivity contribution is 0.669. The van der Waals surface area contributed by atoms with E-state index in [1.807, 2.05) is 0 Å². The lowest BCUT2D eigenvalue weighted by Gasteiger charge is -2.32. The molecule has 10 aromatic rings. The van der Waals surface area contributed by atoms with Gasteiger partial charge in [0.2, 0.25) is 0 Å². The van der Waals surface area contributed by atoms with E-state index < -0.39 is 0 Å². The van der Waals surface area contributed by atoms with E-state index in [0.29, 0.717) is 0 Å². The van der Waals surface area contributed by atoms with Crippen LogP contribution in [0.4, 0.5) is 34.1 Å². The molecule has 0 aliphatic heterocycles. The fourth-order valence-corrected chi connectivity index (χ4v) is 7.79. The van der Waals surface area contributed by atoms with Gasteiger partial charge in [0.25, 0.3) is 0 Å². The van der Waals surface area contributed by atoms with Crippen LogP contribution >= 0.6 is 0 Å². The van der Waals surface area contributed by atoms with Gasteiger partial charge in [-0.15, -0.1) is 0 Å². The molecule has 0 radical (unpaired) electrons. The van der Waals surface area contributed by atoms with Gasteiger partial charge in [-0.1, -0.05) is 152 Å². The second kappa shape index (κ2) is 11.9. The van der Waals surface area contributed by atoms with Crippen LogP contribution in [-0.2, 0) is 0 Å². The molecule has 0 saturated heterocycles. The molecule has 0 bridgehead atoms. The number of fused-ring (bicyclic) bond motifs is 6. The number of para-hydroxylation sites is 3. The number of nitrogens with zero attached hydrogens (tertiary/aromatic N) is 2. The minimum absolute atomic E-state index is 0.836. The number of anilines is 6. The van der Waals surface area contributed by atoms with Crippen LogP contribution in [0.3, 0.4) is 0 Å². The molecule has 0 unspecified atom stereocenters. The van der Waals surface area contributed by atoms with Gasteiger partial charge in [0, 0.05) is 38.3 Å². The quantitative estimate of drug-likeness (QED) is 0.167. The molecule has 1 heterocycles. The Morgan fingerprint density at radius 1 is 0.314 bits per heavy atom. The molecule has 0 N–H and O–H groups in total. The Hall–Kier alpha value is -6.84. The Labute approximate surface area is 295 Å². The van der Waals surface area contributed by atoms with Crippen LogP contribution in [0, 0.1) is 0 Å². The van der Waals surface area contributed by atoms with Crippen LogP contribution < -0.4 is 9.80 Å². The van der Waals surface area contributed by atoms with E-state index in [1.165, 1.54) is 21.5 Å². The largest absolute Gasteiger partial charge is 0.454 e. The molecule has 0 fully saturated rings. The summed E-state index contributed by atoms with van der Waals surface area (Å²) in [4.78, 5) is 4.83. The van der Waals surface area contributed by atoms with Gasteiger partial charge in [-0.25, -0.2) is 0 Å². The maximum Gasteiger partial charge on any atom is 0.162 e. The SMILES string of the molecule is c1ccc(N(c2cccc3ccccc23)c2c3ccccc3c(N(c3ccccc3)c3cccc4ccccc34)c3c2oc2ccccc23)cc1. The second-order valence-corrected chi connectivity index (χ2v) is 12.9. The molecule has 0 spiro atoms. The highest BCUT2D eigenvalue weighted by Gasteiger charge is 2.30. The molecule has 1 aromatic heterocycles. The highest BCUT2D eigenvalue weighted by molar-refractivity contribution is 6.29. The molecule has 0 aliphatic rings. The summed E-state index contributed by atoms with van der Waals surface area (Å²) in [5, 5.41) is 9.09. The van der Waals surface area contributed by atoms with Crippen molar-refractivity contribution in [1.82, 2.24) is 0 Å². The highest BCUT2D eigenvalue weighted by atomic mass is 16.3. The average molecular weight is 653 g/mol. The van der Waals surface area contributed by atoms with Gasteiger partial charge in [0.1, 0.15) is 5.58 Å². The first-order chi connectivity index (χ1) is 25.3. The van der Waals surface area contributed by atoms with E-state index in [4.69, 9.17) is 4.42 Å². The zero-order valence-electron chi connectivity index (χ0n) is 27.8. The Kier molecular flexibility index (Phi) is 6.81. The van der Waals surface area contributed by atoms with Crippen LogP contribution in [-0.4, -0.2) is 0 Å². The van der Waals surface area contributed by atoms with Crippen molar-refractivity contribution < 1.29 is 4.42 Å². The van der Waals surface area contributed by atoms with Crippen molar-refractivity contribution in [1.29, 1.82) is 0 Å². The van der Waals surface area contributed by atoms with Crippen LogP contribution in [0.5, 0.6) is 0 Å². The third-order valence-electron chi connectivity index (χ3n) is 9.98. The normalized spacial score (nSPS) is 11.5. The maximum absolute atomic E-state index is 7.11. The molecule has 0 aliphatic carbocycles. The first kappa shape index (κ1) is 29.1. The molecular formula is C48H32N2O. The van der Waals surface area contributed by atoms with E-state index in [0.717, 1.165) is 66.8 Å². The first-order valence-corrected chi connectivity index (χ1v) is 17.4. The summed E-state index contributed by atoms with van der Waals surface area (Å²) in [6, 6.07) is 69.0.